The number of aliphatic imine (C=N–C) groups is 1. The third-order valence-corrected chi connectivity index (χ3v) is 4.07. The molecule has 0 saturated heterocycles. The van der Waals surface area contributed by atoms with Crippen molar-refractivity contribution in [1.82, 2.24) is 0 Å². The Bertz CT molecular complexity index is 667. The molecule has 1 aliphatic carbocycles. The third kappa shape index (κ3) is 4.00. The number of guanidine groups is 1. The minimum absolute atomic E-state index is 0. The number of halogens is 1. The van der Waals surface area contributed by atoms with Gasteiger partial charge in [-0.1, -0.05) is 36.4 Å². The Kier molecular flexibility index (Phi) is 5.45. The first kappa shape index (κ1) is 16.8. The number of nitrogens with zero attached hydrogens (tertiary/aromatic N) is 1. The number of nitrogens with two attached hydrogens (primary N) is 1. The fourth-order valence-corrected chi connectivity index (χ4v) is 2.56. The first-order chi connectivity index (χ1) is 10.1. The molecule has 1 saturated carbocycles. The van der Waals surface area contributed by atoms with Gasteiger partial charge >= 0.3 is 0 Å². The Morgan fingerprint density at radius 3 is 2.50 bits per heavy atom. The molecule has 2 atom stereocenters. The topological polar surface area (TPSA) is 50.4 Å². The molecule has 3 N–H and O–H groups in total. The van der Waals surface area contributed by atoms with Gasteiger partial charge in [-0.25, -0.2) is 4.99 Å². The minimum Gasteiger partial charge on any atom is -0.370 e. The molecular formula is C18H22IN3. The molecule has 0 spiro atoms. The summed E-state index contributed by atoms with van der Waals surface area (Å²) >= 11 is 0. The summed E-state index contributed by atoms with van der Waals surface area (Å²) in [4.78, 5) is 4.58. The normalized spacial score (nSPS) is 20.2. The molecule has 2 aromatic carbocycles. The maximum atomic E-state index is 6.01. The number of benzene rings is 2. The fourth-order valence-electron chi connectivity index (χ4n) is 2.56. The molecule has 2 aromatic rings. The summed E-state index contributed by atoms with van der Waals surface area (Å²) < 4.78 is 0. The summed E-state index contributed by atoms with van der Waals surface area (Å²) in [6, 6.07) is 17.0. The number of anilines is 1. The monoisotopic (exact) mass is 407 g/mol. The van der Waals surface area contributed by atoms with Crippen molar-refractivity contribution in [3.05, 3.63) is 65.2 Å². The number of aryl methyl sites for hydroxylation is 2. The van der Waals surface area contributed by atoms with Crippen molar-refractivity contribution in [1.29, 1.82) is 0 Å². The average molecular weight is 407 g/mol. The number of rotatable bonds is 3. The zero-order chi connectivity index (χ0) is 14.8. The average Bonchev–Trinajstić information content (AvgIpc) is 3.23. The summed E-state index contributed by atoms with van der Waals surface area (Å²) in [5.41, 5.74) is 10.9. The molecule has 22 heavy (non-hydrogen) atoms. The van der Waals surface area contributed by atoms with Crippen molar-refractivity contribution >= 4 is 35.6 Å². The van der Waals surface area contributed by atoms with Crippen LogP contribution in [-0.4, -0.2) is 12.0 Å². The summed E-state index contributed by atoms with van der Waals surface area (Å²) in [5, 5.41) is 3.18. The highest BCUT2D eigenvalue weighted by Gasteiger charge is 2.38. The van der Waals surface area contributed by atoms with Gasteiger partial charge < -0.3 is 11.1 Å². The van der Waals surface area contributed by atoms with Gasteiger partial charge in [0.15, 0.2) is 5.96 Å². The quantitative estimate of drug-likeness (QED) is 0.455. The van der Waals surface area contributed by atoms with Crippen LogP contribution < -0.4 is 11.1 Å². The lowest BCUT2D eigenvalue weighted by molar-refractivity contribution is 0.985. The molecule has 1 aliphatic rings. The Morgan fingerprint density at radius 2 is 1.82 bits per heavy atom. The van der Waals surface area contributed by atoms with E-state index in [1.807, 2.05) is 12.1 Å². The van der Waals surface area contributed by atoms with Crippen LogP contribution in [0.25, 0.3) is 0 Å². The zero-order valence-corrected chi connectivity index (χ0v) is 15.2. The van der Waals surface area contributed by atoms with Crippen molar-refractivity contribution in [3.63, 3.8) is 0 Å². The van der Waals surface area contributed by atoms with Crippen molar-refractivity contribution < 1.29 is 0 Å². The van der Waals surface area contributed by atoms with E-state index in [1.54, 1.807) is 0 Å². The first-order valence-corrected chi connectivity index (χ1v) is 7.36. The van der Waals surface area contributed by atoms with E-state index < -0.39 is 0 Å². The smallest absolute Gasteiger partial charge is 0.193 e. The van der Waals surface area contributed by atoms with Crippen LogP contribution in [0.1, 0.15) is 29.0 Å². The van der Waals surface area contributed by atoms with Crippen LogP contribution in [0.5, 0.6) is 0 Å². The van der Waals surface area contributed by atoms with Gasteiger partial charge in [0.2, 0.25) is 0 Å². The van der Waals surface area contributed by atoms with Crippen molar-refractivity contribution in [2.45, 2.75) is 32.2 Å². The molecule has 0 radical (unpaired) electrons. The van der Waals surface area contributed by atoms with Gasteiger partial charge in [-0.2, -0.15) is 0 Å². The van der Waals surface area contributed by atoms with E-state index >= 15 is 0 Å². The molecule has 0 amide bonds. The lowest BCUT2D eigenvalue weighted by Crippen LogP contribution is -2.23. The second-order valence-electron chi connectivity index (χ2n) is 5.76. The highest BCUT2D eigenvalue weighted by molar-refractivity contribution is 14.0. The van der Waals surface area contributed by atoms with Crippen molar-refractivity contribution in [2.75, 3.05) is 5.32 Å². The number of hydrogen-bond donors (Lipinski definition) is 2. The Morgan fingerprint density at radius 1 is 1.09 bits per heavy atom. The van der Waals surface area contributed by atoms with E-state index in [-0.39, 0.29) is 24.0 Å². The highest BCUT2D eigenvalue weighted by Crippen LogP contribution is 2.43. The minimum atomic E-state index is 0. The second-order valence-corrected chi connectivity index (χ2v) is 5.76. The molecule has 0 bridgehead atoms. The van der Waals surface area contributed by atoms with E-state index in [4.69, 9.17) is 5.73 Å². The molecule has 4 heteroatoms. The largest absolute Gasteiger partial charge is 0.370 e. The van der Waals surface area contributed by atoms with Gasteiger partial charge in [-0.3, -0.25) is 0 Å². The summed E-state index contributed by atoms with van der Waals surface area (Å²) in [6.07, 6.45) is 1.08. The molecule has 3 rings (SSSR count). The summed E-state index contributed by atoms with van der Waals surface area (Å²) in [5.74, 6) is 1.02. The van der Waals surface area contributed by atoms with Crippen LogP contribution in [0.15, 0.2) is 53.5 Å². The van der Waals surface area contributed by atoms with E-state index in [1.165, 1.54) is 16.7 Å². The van der Waals surface area contributed by atoms with Gasteiger partial charge in [-0.15, -0.1) is 24.0 Å². The van der Waals surface area contributed by atoms with Gasteiger partial charge in [-0.05, 0) is 49.1 Å². The Hall–Kier alpha value is -1.56. The number of nitrogens with one attached hydrogen (secondary N) is 1. The van der Waals surface area contributed by atoms with Crippen molar-refractivity contribution in [2.24, 2.45) is 10.7 Å². The highest BCUT2D eigenvalue weighted by atomic mass is 127. The molecular weight excluding hydrogens is 385 g/mol. The maximum Gasteiger partial charge on any atom is 0.193 e. The predicted octanol–water partition coefficient (Wildman–Crippen LogP) is 4.20. The lowest BCUT2D eigenvalue weighted by atomic mass is 10.1. The summed E-state index contributed by atoms with van der Waals surface area (Å²) in [7, 11) is 0. The first-order valence-electron chi connectivity index (χ1n) is 7.36. The van der Waals surface area contributed by atoms with Crippen LogP contribution in [0.2, 0.25) is 0 Å². The van der Waals surface area contributed by atoms with E-state index in [9.17, 15) is 0 Å². The predicted molar refractivity (Wildman–Crippen MR) is 104 cm³/mol. The fraction of sp³-hybridized carbons (Fsp3) is 0.278. The van der Waals surface area contributed by atoms with Gasteiger partial charge in [0.25, 0.3) is 0 Å². The molecule has 116 valence electrons. The van der Waals surface area contributed by atoms with Crippen LogP contribution >= 0.6 is 24.0 Å². The zero-order valence-electron chi connectivity index (χ0n) is 12.9. The lowest BCUT2D eigenvalue weighted by Gasteiger charge is -2.08. The van der Waals surface area contributed by atoms with E-state index in [0.717, 1.165) is 12.1 Å². The van der Waals surface area contributed by atoms with E-state index in [0.29, 0.717) is 17.9 Å². The van der Waals surface area contributed by atoms with Crippen molar-refractivity contribution in [3.8, 4) is 0 Å². The Labute approximate surface area is 149 Å². The standard InChI is InChI=1S/C18H21N3.HI/c1-12-8-9-15(10-13(12)2)20-18(19)21-17-11-16(17)14-6-4-3-5-7-14;/h3-10,16-17H,11H2,1-2H3,(H3,19,20,21);1H. The molecule has 2 unspecified atom stereocenters. The molecule has 0 heterocycles. The molecule has 3 nitrogen and oxygen atoms in total. The van der Waals surface area contributed by atoms with Gasteiger partial charge in [0, 0.05) is 11.6 Å². The van der Waals surface area contributed by atoms with Gasteiger partial charge in [0.1, 0.15) is 0 Å². The van der Waals surface area contributed by atoms with Crippen LogP contribution in [0.4, 0.5) is 5.69 Å². The SMILES string of the molecule is Cc1ccc(NC(N)=NC2CC2c2ccccc2)cc1C.I. The second kappa shape index (κ2) is 7.13. The molecule has 0 aromatic heterocycles. The molecule has 0 aliphatic heterocycles. The van der Waals surface area contributed by atoms with Gasteiger partial charge in [0.05, 0.1) is 6.04 Å². The maximum absolute atomic E-state index is 6.01. The number of hydrogen-bond acceptors (Lipinski definition) is 1. The third-order valence-electron chi connectivity index (χ3n) is 4.07. The summed E-state index contributed by atoms with van der Waals surface area (Å²) in [6.45, 7) is 4.20. The van der Waals surface area contributed by atoms with Crippen LogP contribution in [0, 0.1) is 13.8 Å². The van der Waals surface area contributed by atoms with Crippen LogP contribution in [-0.2, 0) is 0 Å². The molecule has 1 fully saturated rings. The van der Waals surface area contributed by atoms with Crippen LogP contribution in [0.3, 0.4) is 0 Å². The Balaban J connectivity index is 0.00000176. The van der Waals surface area contributed by atoms with E-state index in [2.05, 4.69) is 60.6 Å².